The van der Waals surface area contributed by atoms with E-state index in [2.05, 4.69) is 5.32 Å². The molecule has 2 aromatic carbocycles. The monoisotopic (exact) mass is 424 g/mol. The summed E-state index contributed by atoms with van der Waals surface area (Å²) < 4.78 is 33.2. The summed E-state index contributed by atoms with van der Waals surface area (Å²) in [5, 5.41) is 1.74. The maximum absolute atomic E-state index is 13.3. The summed E-state index contributed by atoms with van der Waals surface area (Å²) in [6.45, 7) is 4.85. The number of hydrogen-bond acceptors (Lipinski definition) is 5. The van der Waals surface area contributed by atoms with Crippen LogP contribution in [0.25, 0.3) is 0 Å². The van der Waals surface area contributed by atoms with Crippen molar-refractivity contribution in [3.05, 3.63) is 48.5 Å². The van der Waals surface area contributed by atoms with E-state index in [0.717, 1.165) is 4.31 Å². The number of amides is 1. The molecule has 150 valence electrons. The Kier molecular flexibility index (Phi) is 7.04. The van der Waals surface area contributed by atoms with Crippen molar-refractivity contribution in [2.24, 2.45) is 0 Å². The SMILES string of the molecule is CCOc1ccccc1N(C(C)C(=O)Cl)S(=O)(=O)c1ccc(NC(C)=O)cc1. The summed E-state index contributed by atoms with van der Waals surface area (Å²) in [5.41, 5.74) is 0.658. The van der Waals surface area contributed by atoms with Crippen LogP contribution in [0.2, 0.25) is 0 Å². The fraction of sp³-hybridized carbons (Fsp3) is 0.263. The molecule has 7 nitrogen and oxygen atoms in total. The average Bonchev–Trinajstić information content (AvgIpc) is 2.63. The first-order valence-corrected chi connectivity index (χ1v) is 10.3. The topological polar surface area (TPSA) is 92.8 Å². The molecule has 2 rings (SSSR count). The first-order valence-electron chi connectivity index (χ1n) is 8.51. The summed E-state index contributed by atoms with van der Waals surface area (Å²) in [6, 6.07) is 11.0. The van der Waals surface area contributed by atoms with E-state index in [9.17, 15) is 18.0 Å². The lowest BCUT2D eigenvalue weighted by atomic mass is 10.2. The van der Waals surface area contributed by atoms with Crippen molar-refractivity contribution in [3.8, 4) is 5.75 Å². The Balaban J connectivity index is 2.57. The molecule has 1 atom stereocenters. The average molecular weight is 425 g/mol. The van der Waals surface area contributed by atoms with Crippen molar-refractivity contribution < 1.29 is 22.7 Å². The number of benzene rings is 2. The Morgan fingerprint density at radius 1 is 1.14 bits per heavy atom. The van der Waals surface area contributed by atoms with Crippen LogP contribution < -0.4 is 14.4 Å². The Hall–Kier alpha value is -2.58. The van der Waals surface area contributed by atoms with Crippen LogP contribution in [0.15, 0.2) is 53.4 Å². The van der Waals surface area contributed by atoms with E-state index in [0.29, 0.717) is 18.0 Å². The molecule has 1 N–H and O–H groups in total. The molecule has 1 amide bonds. The van der Waals surface area contributed by atoms with Crippen LogP contribution in [0.4, 0.5) is 11.4 Å². The van der Waals surface area contributed by atoms with Crippen molar-refractivity contribution in [1.82, 2.24) is 0 Å². The molecule has 0 fully saturated rings. The van der Waals surface area contributed by atoms with Crippen molar-refractivity contribution in [2.75, 3.05) is 16.2 Å². The van der Waals surface area contributed by atoms with Gasteiger partial charge in [-0.2, -0.15) is 0 Å². The van der Waals surface area contributed by atoms with Gasteiger partial charge in [0.05, 0.1) is 17.2 Å². The first kappa shape index (κ1) is 21.7. The number of carbonyl (C=O) groups is 2. The van der Waals surface area contributed by atoms with E-state index in [1.54, 1.807) is 31.2 Å². The van der Waals surface area contributed by atoms with Crippen molar-refractivity contribution in [3.63, 3.8) is 0 Å². The fourth-order valence-electron chi connectivity index (χ4n) is 2.58. The van der Waals surface area contributed by atoms with E-state index >= 15 is 0 Å². The molecule has 0 heterocycles. The molecule has 0 aliphatic carbocycles. The Bertz CT molecular complexity index is 961. The zero-order valence-corrected chi connectivity index (χ0v) is 17.3. The predicted octanol–water partition coefficient (Wildman–Crippen LogP) is 3.39. The number of para-hydroxylation sites is 2. The normalized spacial score (nSPS) is 12.1. The molecule has 0 aliphatic heterocycles. The lowest BCUT2D eigenvalue weighted by molar-refractivity contribution is -0.114. The Morgan fingerprint density at radius 2 is 1.75 bits per heavy atom. The minimum atomic E-state index is -4.15. The van der Waals surface area contributed by atoms with Gasteiger partial charge < -0.3 is 10.1 Å². The summed E-state index contributed by atoms with van der Waals surface area (Å²) >= 11 is 5.64. The van der Waals surface area contributed by atoms with Crippen LogP contribution in [-0.2, 0) is 19.6 Å². The molecule has 0 spiro atoms. The minimum absolute atomic E-state index is 0.0577. The van der Waals surface area contributed by atoms with E-state index in [1.165, 1.54) is 38.1 Å². The highest BCUT2D eigenvalue weighted by Crippen LogP contribution is 2.35. The standard InChI is InChI=1S/C19H21ClN2O5S/c1-4-27-18-8-6-5-7-17(18)22(13(2)19(20)24)28(25,26)16-11-9-15(10-12-16)21-14(3)23/h5-13H,4H2,1-3H3,(H,21,23). The van der Waals surface area contributed by atoms with E-state index in [4.69, 9.17) is 16.3 Å². The van der Waals surface area contributed by atoms with Crippen molar-refractivity contribution in [2.45, 2.75) is 31.7 Å². The highest BCUT2D eigenvalue weighted by molar-refractivity contribution is 7.93. The van der Waals surface area contributed by atoms with Gasteiger partial charge in [-0.1, -0.05) is 12.1 Å². The molecule has 0 aromatic heterocycles. The third-order valence-corrected chi connectivity index (χ3v) is 6.03. The number of ether oxygens (including phenoxy) is 1. The predicted molar refractivity (Wildman–Crippen MR) is 108 cm³/mol. The molecule has 1 unspecified atom stereocenters. The minimum Gasteiger partial charge on any atom is -0.492 e. The highest BCUT2D eigenvalue weighted by Gasteiger charge is 2.34. The summed E-state index contributed by atoms with van der Waals surface area (Å²) in [4.78, 5) is 22.9. The highest BCUT2D eigenvalue weighted by atomic mass is 35.5. The van der Waals surface area contributed by atoms with Gasteiger partial charge in [-0.25, -0.2) is 8.42 Å². The van der Waals surface area contributed by atoms with Crippen LogP contribution >= 0.6 is 11.6 Å². The van der Waals surface area contributed by atoms with Gasteiger partial charge in [0.15, 0.2) is 0 Å². The zero-order chi connectivity index (χ0) is 20.9. The van der Waals surface area contributed by atoms with Gasteiger partial charge in [0.1, 0.15) is 11.8 Å². The van der Waals surface area contributed by atoms with E-state index in [-0.39, 0.29) is 16.5 Å². The van der Waals surface area contributed by atoms with Gasteiger partial charge in [0.25, 0.3) is 10.0 Å². The molecule has 0 bridgehead atoms. The van der Waals surface area contributed by atoms with Gasteiger partial charge >= 0.3 is 0 Å². The molecule has 0 saturated carbocycles. The number of sulfonamides is 1. The van der Waals surface area contributed by atoms with Gasteiger partial charge in [-0.15, -0.1) is 0 Å². The number of hydrogen-bond donors (Lipinski definition) is 1. The Labute approximate surface area is 169 Å². The lowest BCUT2D eigenvalue weighted by Crippen LogP contribution is -2.42. The molecule has 2 aromatic rings. The molecule has 9 heteroatoms. The van der Waals surface area contributed by atoms with Crippen LogP contribution in [0.1, 0.15) is 20.8 Å². The quantitative estimate of drug-likeness (QED) is 0.655. The van der Waals surface area contributed by atoms with Gasteiger partial charge in [0.2, 0.25) is 11.1 Å². The molecule has 0 saturated heterocycles. The number of halogens is 1. The first-order chi connectivity index (χ1) is 13.2. The van der Waals surface area contributed by atoms with Crippen LogP contribution in [0, 0.1) is 0 Å². The number of nitrogens with one attached hydrogen (secondary N) is 1. The molecular formula is C19H21ClN2O5S. The van der Waals surface area contributed by atoms with Gasteiger partial charge in [0, 0.05) is 12.6 Å². The van der Waals surface area contributed by atoms with Crippen LogP contribution in [0.3, 0.4) is 0 Å². The van der Waals surface area contributed by atoms with Crippen molar-refractivity contribution in [1.29, 1.82) is 0 Å². The molecule has 0 radical (unpaired) electrons. The van der Waals surface area contributed by atoms with E-state index in [1.807, 2.05) is 0 Å². The maximum Gasteiger partial charge on any atom is 0.265 e. The third-order valence-electron chi connectivity index (χ3n) is 3.81. The summed E-state index contributed by atoms with van der Waals surface area (Å²) in [6.07, 6.45) is 0. The van der Waals surface area contributed by atoms with Gasteiger partial charge in [-0.05, 0) is 61.8 Å². The fourth-order valence-corrected chi connectivity index (χ4v) is 4.37. The number of rotatable bonds is 8. The second kappa shape index (κ2) is 9.07. The maximum atomic E-state index is 13.3. The zero-order valence-electron chi connectivity index (χ0n) is 15.7. The van der Waals surface area contributed by atoms with E-state index < -0.39 is 21.3 Å². The largest absolute Gasteiger partial charge is 0.492 e. The van der Waals surface area contributed by atoms with Crippen LogP contribution in [-0.4, -0.2) is 32.2 Å². The van der Waals surface area contributed by atoms with Gasteiger partial charge in [-0.3, -0.25) is 13.9 Å². The summed E-state index contributed by atoms with van der Waals surface area (Å²) in [5.74, 6) is 0.0393. The number of carbonyl (C=O) groups excluding carboxylic acids is 2. The van der Waals surface area contributed by atoms with Crippen LogP contribution in [0.5, 0.6) is 5.75 Å². The summed E-state index contributed by atoms with van der Waals surface area (Å²) in [7, 11) is -4.15. The Morgan fingerprint density at radius 3 is 2.29 bits per heavy atom. The second-order valence-electron chi connectivity index (χ2n) is 5.89. The second-order valence-corrected chi connectivity index (χ2v) is 8.07. The number of anilines is 2. The van der Waals surface area contributed by atoms with Crippen molar-refractivity contribution >= 4 is 44.1 Å². The lowest BCUT2D eigenvalue weighted by Gasteiger charge is -2.29. The molecule has 28 heavy (non-hydrogen) atoms. The molecular weight excluding hydrogens is 404 g/mol. The smallest absolute Gasteiger partial charge is 0.265 e. The molecule has 0 aliphatic rings. The third kappa shape index (κ3) is 4.82. The number of nitrogens with zero attached hydrogens (tertiary/aromatic N) is 1.